The molecular weight excluding hydrogens is 288 g/mol. The Hall–Kier alpha value is -0.920. The van der Waals surface area contributed by atoms with E-state index >= 15 is 0 Å². The predicted molar refractivity (Wildman–Crippen MR) is 84.7 cm³/mol. The summed E-state index contributed by atoms with van der Waals surface area (Å²) in [5, 5.41) is 7.47. The molecule has 7 heteroatoms. The number of unbranched alkanes of at least 4 members (excludes halogenated alkanes) is 1. The average molecular weight is 316 g/mol. The van der Waals surface area contributed by atoms with Crippen molar-refractivity contribution in [2.75, 3.05) is 20.1 Å². The number of rotatable bonds is 10. The van der Waals surface area contributed by atoms with E-state index in [1.165, 1.54) is 10.5 Å². The summed E-state index contributed by atoms with van der Waals surface area (Å²) in [7, 11) is -1.78. The summed E-state index contributed by atoms with van der Waals surface area (Å²) in [5.41, 5.74) is 0. The summed E-state index contributed by atoms with van der Waals surface area (Å²) in [5.74, 6) is 0. The van der Waals surface area contributed by atoms with Gasteiger partial charge < -0.3 is 5.32 Å². The Morgan fingerprint density at radius 3 is 2.71 bits per heavy atom. The van der Waals surface area contributed by atoms with Gasteiger partial charge in [0.15, 0.2) is 0 Å². The maximum atomic E-state index is 12.3. The lowest BCUT2D eigenvalue weighted by Gasteiger charge is -2.15. The largest absolute Gasteiger partial charge is 0.314 e. The summed E-state index contributed by atoms with van der Waals surface area (Å²) < 4.78 is 27.8. The van der Waals surface area contributed by atoms with Crippen LogP contribution in [0.15, 0.2) is 17.3 Å². The second-order valence-electron chi connectivity index (χ2n) is 5.58. The standard InChI is InChI=1S/C14H28N4O2S/c1-5-6-9-17(4)21(19,20)14-11-16-18(12-14)10-7-8-15-13(2)3/h11-13,15H,5-10H2,1-4H3. The first-order chi connectivity index (χ1) is 9.87. The molecule has 0 spiro atoms. The Balaban J connectivity index is 2.57. The third-order valence-electron chi connectivity index (χ3n) is 3.26. The van der Waals surface area contributed by atoms with E-state index < -0.39 is 10.0 Å². The number of hydrogen-bond donors (Lipinski definition) is 1. The van der Waals surface area contributed by atoms with E-state index in [0.29, 0.717) is 19.1 Å². The Bertz CT molecular complexity index is 511. The second-order valence-corrected chi connectivity index (χ2v) is 7.63. The van der Waals surface area contributed by atoms with Gasteiger partial charge in [0.2, 0.25) is 10.0 Å². The van der Waals surface area contributed by atoms with Gasteiger partial charge in [-0.1, -0.05) is 27.2 Å². The molecule has 6 nitrogen and oxygen atoms in total. The molecule has 0 aliphatic heterocycles. The quantitative estimate of drug-likeness (QED) is 0.667. The van der Waals surface area contributed by atoms with E-state index in [9.17, 15) is 8.42 Å². The van der Waals surface area contributed by atoms with Crippen molar-refractivity contribution in [2.45, 2.75) is 57.5 Å². The molecule has 0 bridgehead atoms. The van der Waals surface area contributed by atoms with E-state index in [0.717, 1.165) is 25.8 Å². The number of sulfonamides is 1. The van der Waals surface area contributed by atoms with Crippen LogP contribution in [0.25, 0.3) is 0 Å². The highest BCUT2D eigenvalue weighted by Crippen LogP contribution is 2.13. The van der Waals surface area contributed by atoms with Gasteiger partial charge in [-0.15, -0.1) is 0 Å². The molecule has 0 unspecified atom stereocenters. The monoisotopic (exact) mass is 316 g/mol. The molecule has 21 heavy (non-hydrogen) atoms. The van der Waals surface area contributed by atoms with E-state index in [-0.39, 0.29) is 4.90 Å². The maximum Gasteiger partial charge on any atom is 0.245 e. The lowest BCUT2D eigenvalue weighted by atomic mass is 10.3. The highest BCUT2D eigenvalue weighted by atomic mass is 32.2. The van der Waals surface area contributed by atoms with Crippen LogP contribution in [0.3, 0.4) is 0 Å². The van der Waals surface area contributed by atoms with Crippen molar-refractivity contribution in [1.29, 1.82) is 0 Å². The first-order valence-corrected chi connectivity index (χ1v) is 9.04. The summed E-state index contributed by atoms with van der Waals surface area (Å²) in [4.78, 5) is 0.276. The maximum absolute atomic E-state index is 12.3. The summed E-state index contributed by atoms with van der Waals surface area (Å²) in [6.45, 7) is 8.41. The van der Waals surface area contributed by atoms with Crippen LogP contribution in [0.2, 0.25) is 0 Å². The molecule has 1 heterocycles. The molecule has 0 aromatic carbocycles. The fourth-order valence-corrected chi connectivity index (χ4v) is 3.08. The van der Waals surface area contributed by atoms with Crippen molar-refractivity contribution < 1.29 is 8.42 Å². The fourth-order valence-electron chi connectivity index (χ4n) is 1.91. The minimum atomic E-state index is -3.40. The molecule has 0 radical (unpaired) electrons. The summed E-state index contributed by atoms with van der Waals surface area (Å²) >= 11 is 0. The molecule has 0 fully saturated rings. The van der Waals surface area contributed by atoms with E-state index in [1.807, 2.05) is 6.92 Å². The summed E-state index contributed by atoms with van der Waals surface area (Å²) in [6, 6.07) is 0.464. The van der Waals surface area contributed by atoms with E-state index in [4.69, 9.17) is 0 Å². The molecule has 0 amide bonds. The highest BCUT2D eigenvalue weighted by Gasteiger charge is 2.21. The number of nitrogens with zero attached hydrogens (tertiary/aromatic N) is 3. The number of nitrogens with one attached hydrogen (secondary N) is 1. The third kappa shape index (κ3) is 5.76. The fraction of sp³-hybridized carbons (Fsp3) is 0.786. The van der Waals surface area contributed by atoms with Crippen molar-refractivity contribution in [3.8, 4) is 0 Å². The second kappa shape index (κ2) is 8.51. The number of hydrogen-bond acceptors (Lipinski definition) is 4. The van der Waals surface area contributed by atoms with Gasteiger partial charge in [-0.25, -0.2) is 12.7 Å². The molecule has 1 aromatic rings. The Labute approximate surface area is 128 Å². The lowest BCUT2D eigenvalue weighted by molar-refractivity contribution is 0.459. The average Bonchev–Trinajstić information content (AvgIpc) is 2.90. The topological polar surface area (TPSA) is 67.2 Å². The van der Waals surface area contributed by atoms with Crippen LogP contribution in [0, 0.1) is 0 Å². The molecule has 0 atom stereocenters. The Morgan fingerprint density at radius 1 is 1.38 bits per heavy atom. The zero-order valence-corrected chi connectivity index (χ0v) is 14.4. The van der Waals surface area contributed by atoms with Crippen molar-refractivity contribution >= 4 is 10.0 Å². The van der Waals surface area contributed by atoms with E-state index in [1.54, 1.807) is 17.9 Å². The highest BCUT2D eigenvalue weighted by molar-refractivity contribution is 7.89. The normalized spacial score (nSPS) is 12.5. The molecule has 1 N–H and O–H groups in total. The molecular formula is C14H28N4O2S. The van der Waals surface area contributed by atoms with E-state index in [2.05, 4.69) is 24.3 Å². The van der Waals surface area contributed by atoms with Crippen LogP contribution >= 0.6 is 0 Å². The molecule has 0 saturated heterocycles. The zero-order valence-electron chi connectivity index (χ0n) is 13.5. The van der Waals surface area contributed by atoms with Crippen LogP contribution in [0.1, 0.15) is 40.0 Å². The first-order valence-electron chi connectivity index (χ1n) is 7.60. The van der Waals surface area contributed by atoms with Crippen molar-refractivity contribution in [1.82, 2.24) is 19.4 Å². The Morgan fingerprint density at radius 2 is 2.10 bits per heavy atom. The van der Waals surface area contributed by atoms with Gasteiger partial charge in [0.05, 0.1) is 6.20 Å². The number of aryl methyl sites for hydroxylation is 1. The predicted octanol–water partition coefficient (Wildman–Crippen LogP) is 1.69. The van der Waals surface area contributed by atoms with Crippen LogP contribution in [-0.2, 0) is 16.6 Å². The van der Waals surface area contributed by atoms with Crippen molar-refractivity contribution in [3.63, 3.8) is 0 Å². The van der Waals surface area contributed by atoms with Gasteiger partial charge in [-0.05, 0) is 19.4 Å². The molecule has 0 aliphatic rings. The molecule has 0 aliphatic carbocycles. The SMILES string of the molecule is CCCCN(C)S(=O)(=O)c1cnn(CCCNC(C)C)c1. The van der Waals surface area contributed by atoms with Gasteiger partial charge in [-0.2, -0.15) is 5.10 Å². The Kier molecular flexibility index (Phi) is 7.34. The minimum Gasteiger partial charge on any atom is -0.314 e. The first kappa shape index (κ1) is 18.1. The van der Waals surface area contributed by atoms with Crippen LogP contribution in [-0.4, -0.2) is 48.7 Å². The van der Waals surface area contributed by atoms with Crippen molar-refractivity contribution in [2.24, 2.45) is 0 Å². The molecule has 1 rings (SSSR count). The molecule has 1 aromatic heterocycles. The lowest BCUT2D eigenvalue weighted by Crippen LogP contribution is -2.27. The van der Waals surface area contributed by atoms with Crippen LogP contribution in [0.5, 0.6) is 0 Å². The van der Waals surface area contributed by atoms with Gasteiger partial charge >= 0.3 is 0 Å². The number of aromatic nitrogens is 2. The van der Waals surface area contributed by atoms with Crippen LogP contribution in [0.4, 0.5) is 0 Å². The van der Waals surface area contributed by atoms with Gasteiger partial charge in [0, 0.05) is 32.4 Å². The zero-order chi connectivity index (χ0) is 15.9. The smallest absolute Gasteiger partial charge is 0.245 e. The minimum absolute atomic E-state index is 0.276. The van der Waals surface area contributed by atoms with Gasteiger partial charge in [0.25, 0.3) is 0 Å². The summed E-state index contributed by atoms with van der Waals surface area (Å²) in [6.07, 6.45) is 5.82. The third-order valence-corrected chi connectivity index (χ3v) is 5.07. The van der Waals surface area contributed by atoms with Crippen molar-refractivity contribution in [3.05, 3.63) is 12.4 Å². The molecule has 0 saturated carbocycles. The molecule has 122 valence electrons. The van der Waals surface area contributed by atoms with Gasteiger partial charge in [-0.3, -0.25) is 4.68 Å². The van der Waals surface area contributed by atoms with Crippen LogP contribution < -0.4 is 5.32 Å². The van der Waals surface area contributed by atoms with Gasteiger partial charge in [0.1, 0.15) is 4.90 Å².